The predicted molar refractivity (Wildman–Crippen MR) is 108 cm³/mol. The summed E-state index contributed by atoms with van der Waals surface area (Å²) in [4.78, 5) is 23.7. The van der Waals surface area contributed by atoms with Crippen molar-refractivity contribution in [2.75, 3.05) is 23.3 Å². The Bertz CT molecular complexity index is 684. The summed E-state index contributed by atoms with van der Waals surface area (Å²) in [5, 5.41) is 3.06. The number of nitrogens with zero attached hydrogens (tertiary/aromatic N) is 3. The van der Waals surface area contributed by atoms with Crippen molar-refractivity contribution in [2.24, 2.45) is 0 Å². The van der Waals surface area contributed by atoms with Crippen molar-refractivity contribution in [2.45, 2.75) is 53.4 Å². The summed E-state index contributed by atoms with van der Waals surface area (Å²) < 4.78 is 0. The van der Waals surface area contributed by atoms with E-state index in [1.807, 2.05) is 6.07 Å². The van der Waals surface area contributed by atoms with Gasteiger partial charge in [-0.2, -0.15) is 0 Å². The fraction of sp³-hybridized carbons (Fsp3) is 0.476. The molecule has 0 aliphatic rings. The minimum atomic E-state index is -0.162. The normalized spacial score (nSPS) is 10.6. The lowest BCUT2D eigenvalue weighted by molar-refractivity contribution is 0.102. The zero-order valence-electron chi connectivity index (χ0n) is 16.4. The molecule has 140 valence electrons. The van der Waals surface area contributed by atoms with Crippen molar-refractivity contribution in [3.05, 3.63) is 47.3 Å². The zero-order valence-corrected chi connectivity index (χ0v) is 16.4. The first kappa shape index (κ1) is 19.9. The number of aryl methyl sites for hydroxylation is 2. The molecule has 1 amide bonds. The maximum atomic E-state index is 12.7. The lowest BCUT2D eigenvalue weighted by Gasteiger charge is -2.21. The van der Waals surface area contributed by atoms with E-state index in [9.17, 15) is 4.79 Å². The molecule has 1 aromatic carbocycles. The van der Waals surface area contributed by atoms with E-state index in [1.165, 1.54) is 0 Å². The van der Waals surface area contributed by atoms with E-state index < -0.39 is 0 Å². The van der Waals surface area contributed by atoms with Crippen LogP contribution in [0.2, 0.25) is 0 Å². The van der Waals surface area contributed by atoms with E-state index >= 15 is 0 Å². The fourth-order valence-electron chi connectivity index (χ4n) is 3.04. The lowest BCUT2D eigenvalue weighted by Crippen LogP contribution is -2.27. The van der Waals surface area contributed by atoms with E-state index in [2.05, 4.69) is 60.0 Å². The summed E-state index contributed by atoms with van der Waals surface area (Å²) in [5.74, 6) is 0.526. The van der Waals surface area contributed by atoms with Crippen LogP contribution in [0, 0.1) is 0 Å². The molecule has 2 rings (SSSR count). The van der Waals surface area contributed by atoms with Gasteiger partial charge in [0, 0.05) is 31.2 Å². The highest BCUT2D eigenvalue weighted by atomic mass is 16.1. The van der Waals surface area contributed by atoms with Crippen LogP contribution < -0.4 is 10.2 Å². The van der Waals surface area contributed by atoms with Crippen LogP contribution in [0.25, 0.3) is 0 Å². The zero-order chi connectivity index (χ0) is 18.9. The van der Waals surface area contributed by atoms with E-state index in [-0.39, 0.29) is 5.91 Å². The summed E-state index contributed by atoms with van der Waals surface area (Å²) in [5.41, 5.74) is 3.69. The molecule has 2 aromatic rings. The molecule has 0 spiro atoms. The quantitative estimate of drug-likeness (QED) is 0.721. The van der Waals surface area contributed by atoms with Crippen LogP contribution in [0.5, 0.6) is 0 Å². The Morgan fingerprint density at radius 2 is 1.50 bits per heavy atom. The Hall–Kier alpha value is -2.43. The third-order valence-electron chi connectivity index (χ3n) is 4.41. The number of amides is 1. The van der Waals surface area contributed by atoms with E-state index in [4.69, 9.17) is 0 Å². The molecule has 0 fully saturated rings. The smallest absolute Gasteiger partial charge is 0.258 e. The summed E-state index contributed by atoms with van der Waals surface area (Å²) >= 11 is 0. The monoisotopic (exact) mass is 354 g/mol. The maximum Gasteiger partial charge on any atom is 0.258 e. The summed E-state index contributed by atoms with van der Waals surface area (Å²) in [6.07, 6.45) is 7.08. The predicted octanol–water partition coefficient (Wildman–Crippen LogP) is 4.48. The third-order valence-corrected chi connectivity index (χ3v) is 4.41. The number of aromatic nitrogens is 2. The Kier molecular flexibility index (Phi) is 7.57. The highest BCUT2D eigenvalue weighted by molar-refractivity contribution is 6.04. The largest absolute Gasteiger partial charge is 0.341 e. The molecule has 0 unspecified atom stereocenters. The van der Waals surface area contributed by atoms with E-state index in [0.717, 1.165) is 55.6 Å². The van der Waals surface area contributed by atoms with E-state index in [0.29, 0.717) is 11.5 Å². The second-order valence-electron chi connectivity index (χ2n) is 6.37. The average molecular weight is 354 g/mol. The number of carbonyl (C=O) groups excluding carboxylic acids is 1. The Morgan fingerprint density at radius 3 is 1.96 bits per heavy atom. The van der Waals surface area contributed by atoms with Crippen LogP contribution in [-0.4, -0.2) is 29.0 Å². The van der Waals surface area contributed by atoms with Crippen LogP contribution in [-0.2, 0) is 12.8 Å². The molecule has 0 saturated carbocycles. The molecule has 1 heterocycles. The second-order valence-corrected chi connectivity index (χ2v) is 6.37. The molecule has 0 radical (unpaired) electrons. The molecular formula is C21H30N4O. The number of benzene rings is 1. The fourth-order valence-corrected chi connectivity index (χ4v) is 3.04. The van der Waals surface area contributed by atoms with Crippen molar-refractivity contribution in [3.63, 3.8) is 0 Å². The number of hydrogen-bond donors (Lipinski definition) is 1. The summed E-state index contributed by atoms with van der Waals surface area (Å²) in [7, 11) is 0. The molecule has 0 aliphatic carbocycles. The summed E-state index contributed by atoms with van der Waals surface area (Å²) in [6, 6.07) is 6.16. The van der Waals surface area contributed by atoms with Crippen LogP contribution in [0.1, 0.15) is 62.0 Å². The van der Waals surface area contributed by atoms with Crippen molar-refractivity contribution >= 4 is 17.5 Å². The van der Waals surface area contributed by atoms with Crippen LogP contribution in [0.15, 0.2) is 30.6 Å². The first-order valence-electron chi connectivity index (χ1n) is 9.63. The molecule has 1 aromatic heterocycles. The minimum absolute atomic E-state index is 0.162. The van der Waals surface area contributed by atoms with Gasteiger partial charge in [-0.3, -0.25) is 4.79 Å². The number of carbonyl (C=O) groups is 1. The molecule has 0 bridgehead atoms. The van der Waals surface area contributed by atoms with Gasteiger partial charge in [0.2, 0.25) is 5.95 Å². The SMILES string of the molecule is CCCN(CCC)c1ncc(C(=O)Nc2c(CC)cccc2CC)cn1. The molecule has 5 heteroatoms. The highest BCUT2D eigenvalue weighted by Gasteiger charge is 2.14. The topological polar surface area (TPSA) is 58.1 Å². The molecule has 5 nitrogen and oxygen atoms in total. The van der Waals surface area contributed by atoms with Gasteiger partial charge in [-0.25, -0.2) is 9.97 Å². The average Bonchev–Trinajstić information content (AvgIpc) is 2.68. The summed E-state index contributed by atoms with van der Waals surface area (Å²) in [6.45, 7) is 10.3. The maximum absolute atomic E-state index is 12.7. The van der Waals surface area contributed by atoms with Crippen molar-refractivity contribution in [3.8, 4) is 0 Å². The first-order chi connectivity index (χ1) is 12.6. The number of rotatable bonds is 9. The molecule has 0 aliphatic heterocycles. The van der Waals surface area contributed by atoms with Crippen LogP contribution in [0.4, 0.5) is 11.6 Å². The van der Waals surface area contributed by atoms with Crippen LogP contribution >= 0.6 is 0 Å². The van der Waals surface area contributed by atoms with Gasteiger partial charge in [0.05, 0.1) is 5.56 Å². The Labute approximate surface area is 156 Å². The number of anilines is 2. The first-order valence-corrected chi connectivity index (χ1v) is 9.63. The second kappa shape index (κ2) is 9.90. The van der Waals surface area contributed by atoms with Gasteiger partial charge < -0.3 is 10.2 Å². The van der Waals surface area contributed by atoms with Crippen molar-refractivity contribution in [1.29, 1.82) is 0 Å². The van der Waals surface area contributed by atoms with E-state index in [1.54, 1.807) is 12.4 Å². The Balaban J connectivity index is 2.18. The van der Waals surface area contributed by atoms with Gasteiger partial charge in [0.25, 0.3) is 5.91 Å². The number of nitrogens with one attached hydrogen (secondary N) is 1. The van der Waals surface area contributed by atoms with Gasteiger partial charge in [0.1, 0.15) is 0 Å². The van der Waals surface area contributed by atoms with Gasteiger partial charge >= 0.3 is 0 Å². The standard InChI is InChI=1S/C21H30N4O/c1-5-12-25(13-6-2)21-22-14-18(15-23-21)20(26)24-19-16(7-3)10-9-11-17(19)8-4/h9-11,14-15H,5-8,12-13H2,1-4H3,(H,24,26). The molecule has 0 saturated heterocycles. The van der Waals surface area contributed by atoms with Crippen LogP contribution in [0.3, 0.4) is 0 Å². The van der Waals surface area contributed by atoms with Gasteiger partial charge in [-0.1, -0.05) is 45.9 Å². The van der Waals surface area contributed by atoms with Gasteiger partial charge in [0.15, 0.2) is 0 Å². The van der Waals surface area contributed by atoms with Crippen molar-refractivity contribution in [1.82, 2.24) is 9.97 Å². The van der Waals surface area contributed by atoms with Gasteiger partial charge in [-0.05, 0) is 36.8 Å². The molecular weight excluding hydrogens is 324 g/mol. The number of para-hydroxylation sites is 1. The lowest BCUT2D eigenvalue weighted by atomic mass is 10.0. The third kappa shape index (κ3) is 4.81. The highest BCUT2D eigenvalue weighted by Crippen LogP contribution is 2.23. The number of hydrogen-bond acceptors (Lipinski definition) is 4. The molecule has 26 heavy (non-hydrogen) atoms. The molecule has 0 atom stereocenters. The molecule has 1 N–H and O–H groups in total. The van der Waals surface area contributed by atoms with Gasteiger partial charge in [-0.15, -0.1) is 0 Å². The Morgan fingerprint density at radius 1 is 0.962 bits per heavy atom. The van der Waals surface area contributed by atoms with Crippen molar-refractivity contribution < 1.29 is 4.79 Å². The minimum Gasteiger partial charge on any atom is -0.341 e.